The van der Waals surface area contributed by atoms with Gasteiger partial charge in [0.05, 0.1) is 32.1 Å². The van der Waals surface area contributed by atoms with E-state index in [1.807, 2.05) is 28.9 Å². The molecule has 3 fully saturated rings. The van der Waals surface area contributed by atoms with E-state index in [4.69, 9.17) is 25.8 Å². The number of nitrogens with zero attached hydrogens (tertiary/aromatic N) is 3. The lowest BCUT2D eigenvalue weighted by Gasteiger charge is -2.43. The number of hydrogen-bond acceptors (Lipinski definition) is 6. The van der Waals surface area contributed by atoms with Gasteiger partial charge in [-0.2, -0.15) is 0 Å². The number of carbonyl (C=O) groups is 2. The van der Waals surface area contributed by atoms with Crippen LogP contribution in [0.2, 0.25) is 5.02 Å². The lowest BCUT2D eigenvalue weighted by molar-refractivity contribution is -0.168. The number of likely N-dealkylation sites (N-methyl/N-ethyl adjacent to an activating group) is 1. The largest absolute Gasteiger partial charge is 0.490 e. The molecule has 2 atom stereocenters. The Morgan fingerprint density at radius 3 is 2.60 bits per heavy atom. The Labute approximate surface area is 213 Å². The van der Waals surface area contributed by atoms with Crippen molar-refractivity contribution in [3.63, 3.8) is 0 Å². The van der Waals surface area contributed by atoms with Gasteiger partial charge in [0.25, 0.3) is 0 Å². The molecule has 3 aliphatic rings. The molecule has 0 aliphatic carbocycles. The first kappa shape index (κ1) is 26.2. The van der Waals surface area contributed by atoms with Crippen LogP contribution in [0.15, 0.2) is 18.2 Å². The van der Waals surface area contributed by atoms with E-state index in [9.17, 15) is 9.59 Å². The first-order chi connectivity index (χ1) is 16.8. The summed E-state index contributed by atoms with van der Waals surface area (Å²) >= 11 is 6.17. The minimum absolute atomic E-state index is 0.0197. The molecule has 0 aromatic heterocycles. The molecule has 194 valence electrons. The van der Waals surface area contributed by atoms with E-state index in [-0.39, 0.29) is 30.9 Å². The van der Waals surface area contributed by atoms with E-state index in [1.54, 1.807) is 6.07 Å². The second-order valence-electron chi connectivity index (χ2n) is 10.1. The van der Waals surface area contributed by atoms with Gasteiger partial charge in [-0.1, -0.05) is 11.6 Å². The van der Waals surface area contributed by atoms with Gasteiger partial charge in [0, 0.05) is 44.4 Å². The van der Waals surface area contributed by atoms with Gasteiger partial charge < -0.3 is 28.9 Å². The lowest BCUT2D eigenvalue weighted by atomic mass is 9.96. The zero-order valence-electron chi connectivity index (χ0n) is 21.0. The molecule has 1 aromatic carbocycles. The summed E-state index contributed by atoms with van der Waals surface area (Å²) in [6.07, 6.45) is 3.60. The van der Waals surface area contributed by atoms with Crippen LogP contribution >= 0.6 is 11.6 Å². The van der Waals surface area contributed by atoms with Gasteiger partial charge in [-0.05, 0) is 57.0 Å². The van der Waals surface area contributed by atoms with Crippen molar-refractivity contribution < 1.29 is 23.8 Å². The second-order valence-corrected chi connectivity index (χ2v) is 10.5. The van der Waals surface area contributed by atoms with Gasteiger partial charge in [0.1, 0.15) is 18.0 Å². The number of ether oxygens (including phenoxy) is 3. The first-order valence-corrected chi connectivity index (χ1v) is 13.1. The zero-order chi connectivity index (χ0) is 24.8. The topological polar surface area (TPSA) is 71.6 Å². The van der Waals surface area contributed by atoms with Crippen LogP contribution < -0.4 is 4.74 Å². The molecule has 8 nitrogen and oxygen atoms in total. The van der Waals surface area contributed by atoms with Crippen molar-refractivity contribution in [3.8, 4) is 5.75 Å². The Morgan fingerprint density at radius 1 is 1.09 bits per heavy atom. The number of carbonyl (C=O) groups excluding carboxylic acids is 2. The van der Waals surface area contributed by atoms with Crippen molar-refractivity contribution in [3.05, 3.63) is 28.8 Å². The summed E-state index contributed by atoms with van der Waals surface area (Å²) in [5, 5.41) is 0.674. The predicted molar refractivity (Wildman–Crippen MR) is 134 cm³/mol. The summed E-state index contributed by atoms with van der Waals surface area (Å²) in [5.41, 5.74) is 0.00977. The van der Waals surface area contributed by atoms with Crippen molar-refractivity contribution >= 4 is 23.4 Å². The molecule has 0 radical (unpaired) electrons. The van der Waals surface area contributed by atoms with Crippen LogP contribution in [0, 0.1) is 6.92 Å². The third-order valence-corrected chi connectivity index (χ3v) is 7.66. The van der Waals surface area contributed by atoms with Crippen LogP contribution in [-0.2, 0) is 19.1 Å². The van der Waals surface area contributed by atoms with Crippen LogP contribution in [0.4, 0.5) is 0 Å². The van der Waals surface area contributed by atoms with Gasteiger partial charge in [-0.25, -0.2) is 0 Å². The minimum atomic E-state index is -0.907. The summed E-state index contributed by atoms with van der Waals surface area (Å²) in [4.78, 5) is 32.4. The van der Waals surface area contributed by atoms with Crippen molar-refractivity contribution in [2.45, 2.75) is 50.7 Å². The summed E-state index contributed by atoms with van der Waals surface area (Å²) in [6, 6.07) is 5.50. The number of halogens is 1. The molecule has 3 saturated heterocycles. The molecule has 9 heteroatoms. The summed E-state index contributed by atoms with van der Waals surface area (Å²) in [6.45, 7) is 7.13. The number of benzene rings is 1. The van der Waals surface area contributed by atoms with Gasteiger partial charge in [-0.15, -0.1) is 0 Å². The number of piperazine rings is 1. The molecular formula is C26H38ClN3O5. The number of morpholine rings is 1. The summed E-state index contributed by atoms with van der Waals surface area (Å²) in [5.74, 6) is 0.763. The standard InChI is InChI=1S/C26H38ClN3O5/c1-20-15-22(6-7-23(20)27)34-19-26(17-25(32)29-10-8-28(2)9-11-29)18-30(12-14-35-26)24(31)16-21-5-3-4-13-33-21/h6-7,15,21H,3-5,8-14,16-19H2,1-2H3/t21-,26-/m0/s1. The number of hydrogen-bond donors (Lipinski definition) is 0. The minimum Gasteiger partial charge on any atom is -0.490 e. The SMILES string of the molecule is Cc1cc(OC[C@]2(CC(=O)N3CCN(C)CC3)CN(C(=O)C[C@@H]3CCCCO3)CCO2)ccc1Cl. The third kappa shape index (κ3) is 7.09. The Balaban J connectivity index is 1.46. The fraction of sp³-hybridized carbons (Fsp3) is 0.692. The Hall–Kier alpha value is -1.87. The fourth-order valence-electron chi connectivity index (χ4n) is 4.96. The van der Waals surface area contributed by atoms with E-state index in [2.05, 4.69) is 11.9 Å². The number of rotatable bonds is 7. The maximum Gasteiger partial charge on any atom is 0.225 e. The van der Waals surface area contributed by atoms with Gasteiger partial charge in [-0.3, -0.25) is 9.59 Å². The molecule has 1 aromatic rings. The van der Waals surface area contributed by atoms with Gasteiger partial charge in [0.15, 0.2) is 0 Å². The molecule has 0 bridgehead atoms. The lowest BCUT2D eigenvalue weighted by Crippen LogP contribution is -2.59. The molecule has 2 amide bonds. The molecule has 35 heavy (non-hydrogen) atoms. The molecule has 0 spiro atoms. The Morgan fingerprint density at radius 2 is 1.89 bits per heavy atom. The average Bonchev–Trinajstić information content (AvgIpc) is 2.86. The molecule has 3 aliphatic heterocycles. The van der Waals surface area contributed by atoms with E-state index in [0.717, 1.165) is 44.5 Å². The van der Waals surface area contributed by atoms with Crippen molar-refractivity contribution in [1.29, 1.82) is 0 Å². The zero-order valence-corrected chi connectivity index (χ0v) is 21.7. The molecule has 0 N–H and O–H groups in total. The molecule has 4 rings (SSSR count). The van der Waals surface area contributed by atoms with Crippen molar-refractivity contribution in [1.82, 2.24) is 14.7 Å². The molecular weight excluding hydrogens is 470 g/mol. The first-order valence-electron chi connectivity index (χ1n) is 12.7. The second kappa shape index (κ2) is 11.9. The van der Waals surface area contributed by atoms with Crippen LogP contribution in [0.1, 0.15) is 37.7 Å². The highest BCUT2D eigenvalue weighted by Crippen LogP contribution is 2.28. The summed E-state index contributed by atoms with van der Waals surface area (Å²) in [7, 11) is 2.06. The van der Waals surface area contributed by atoms with Crippen LogP contribution in [-0.4, -0.2) is 104 Å². The van der Waals surface area contributed by atoms with Crippen molar-refractivity contribution in [2.75, 3.05) is 66.1 Å². The highest BCUT2D eigenvalue weighted by Gasteiger charge is 2.42. The maximum absolute atomic E-state index is 13.3. The summed E-state index contributed by atoms with van der Waals surface area (Å²) < 4.78 is 18.2. The van der Waals surface area contributed by atoms with Crippen LogP contribution in [0.3, 0.4) is 0 Å². The molecule has 3 heterocycles. The maximum atomic E-state index is 13.3. The third-order valence-electron chi connectivity index (χ3n) is 7.24. The number of amides is 2. The normalized spacial score (nSPS) is 26.0. The highest BCUT2D eigenvalue weighted by molar-refractivity contribution is 6.31. The smallest absolute Gasteiger partial charge is 0.225 e. The van der Waals surface area contributed by atoms with Crippen LogP contribution in [0.25, 0.3) is 0 Å². The number of aryl methyl sites for hydroxylation is 1. The molecule has 0 saturated carbocycles. The predicted octanol–water partition coefficient (Wildman–Crippen LogP) is 2.75. The van der Waals surface area contributed by atoms with E-state index < -0.39 is 5.60 Å². The van der Waals surface area contributed by atoms with Crippen molar-refractivity contribution in [2.24, 2.45) is 0 Å². The quantitative estimate of drug-likeness (QED) is 0.565. The van der Waals surface area contributed by atoms with Gasteiger partial charge >= 0.3 is 0 Å². The Kier molecular flexibility index (Phi) is 8.92. The Bertz CT molecular complexity index is 886. The fourth-order valence-corrected chi connectivity index (χ4v) is 5.08. The van der Waals surface area contributed by atoms with Crippen LogP contribution in [0.5, 0.6) is 5.75 Å². The van der Waals surface area contributed by atoms with Gasteiger partial charge in [0.2, 0.25) is 11.8 Å². The highest BCUT2D eigenvalue weighted by atomic mass is 35.5. The molecule has 0 unspecified atom stereocenters. The van der Waals surface area contributed by atoms with E-state index in [1.165, 1.54) is 0 Å². The monoisotopic (exact) mass is 507 g/mol. The van der Waals surface area contributed by atoms with E-state index in [0.29, 0.717) is 50.0 Å². The average molecular weight is 508 g/mol. The van der Waals surface area contributed by atoms with E-state index >= 15 is 0 Å².